The number of aryl methyl sites for hydroxylation is 1. The first kappa shape index (κ1) is 12.5. The summed E-state index contributed by atoms with van der Waals surface area (Å²) in [5.41, 5.74) is 4.59. The Morgan fingerprint density at radius 3 is 2.90 bits per heavy atom. The van der Waals surface area contributed by atoms with Crippen molar-refractivity contribution in [2.45, 2.75) is 13.3 Å². The van der Waals surface area contributed by atoms with E-state index >= 15 is 0 Å². The van der Waals surface area contributed by atoms with Gasteiger partial charge < -0.3 is 10.1 Å². The van der Waals surface area contributed by atoms with Crippen LogP contribution in [0.3, 0.4) is 0 Å². The third-order valence-electron chi connectivity index (χ3n) is 3.55. The van der Waals surface area contributed by atoms with Crippen LogP contribution in [0.2, 0.25) is 0 Å². The number of fused-ring (bicyclic) bond motifs is 1. The average Bonchev–Trinajstić information content (AvgIpc) is 2.92. The van der Waals surface area contributed by atoms with Gasteiger partial charge in [0, 0.05) is 29.7 Å². The summed E-state index contributed by atoms with van der Waals surface area (Å²) in [5, 5.41) is 14.4. The highest BCUT2D eigenvalue weighted by Gasteiger charge is 2.18. The van der Waals surface area contributed by atoms with Gasteiger partial charge in [-0.25, -0.2) is 0 Å². The van der Waals surface area contributed by atoms with Crippen molar-refractivity contribution in [3.63, 3.8) is 0 Å². The summed E-state index contributed by atoms with van der Waals surface area (Å²) in [4.78, 5) is 14.1. The molecular formula is C15H15N3O2. The third kappa shape index (κ3) is 1.87. The molecule has 0 saturated carbocycles. The van der Waals surface area contributed by atoms with E-state index in [1.54, 1.807) is 4.68 Å². The van der Waals surface area contributed by atoms with E-state index in [1.165, 1.54) is 0 Å². The molecule has 0 aliphatic carbocycles. The van der Waals surface area contributed by atoms with Crippen molar-refractivity contribution in [3.05, 3.63) is 41.7 Å². The summed E-state index contributed by atoms with van der Waals surface area (Å²) in [6, 6.07) is 8.03. The number of carbonyl (C=O) groups is 1. The molecule has 0 unspecified atom stereocenters. The van der Waals surface area contributed by atoms with Gasteiger partial charge in [0.1, 0.15) is 0 Å². The van der Waals surface area contributed by atoms with Crippen molar-refractivity contribution < 1.29 is 9.90 Å². The van der Waals surface area contributed by atoms with E-state index in [2.05, 4.69) is 10.1 Å². The summed E-state index contributed by atoms with van der Waals surface area (Å²) in [5.74, 6) is -0.864. The normalized spacial score (nSPS) is 11.1. The smallest absolute Gasteiger partial charge is 0.309 e. The Hall–Kier alpha value is -2.56. The van der Waals surface area contributed by atoms with Crippen LogP contribution in [0.25, 0.3) is 22.2 Å². The molecule has 2 aromatic heterocycles. The van der Waals surface area contributed by atoms with Crippen LogP contribution in [0, 0.1) is 6.92 Å². The summed E-state index contributed by atoms with van der Waals surface area (Å²) in [6.45, 7) is 1.92. The van der Waals surface area contributed by atoms with Crippen LogP contribution >= 0.6 is 0 Å². The largest absolute Gasteiger partial charge is 0.481 e. The van der Waals surface area contributed by atoms with Crippen molar-refractivity contribution in [2.75, 3.05) is 0 Å². The first-order valence-corrected chi connectivity index (χ1v) is 6.38. The lowest BCUT2D eigenvalue weighted by atomic mass is 10.0. The van der Waals surface area contributed by atoms with Gasteiger partial charge in [-0.1, -0.05) is 18.2 Å². The van der Waals surface area contributed by atoms with Gasteiger partial charge in [0.15, 0.2) is 0 Å². The average molecular weight is 269 g/mol. The Morgan fingerprint density at radius 2 is 2.15 bits per heavy atom. The minimum Gasteiger partial charge on any atom is -0.481 e. The molecule has 0 aliphatic rings. The van der Waals surface area contributed by atoms with Crippen molar-refractivity contribution in [3.8, 4) is 11.3 Å². The summed E-state index contributed by atoms with van der Waals surface area (Å²) in [7, 11) is 1.84. The van der Waals surface area contributed by atoms with E-state index in [0.717, 1.165) is 27.7 Å². The van der Waals surface area contributed by atoms with Crippen LogP contribution in [-0.4, -0.2) is 25.8 Å². The van der Waals surface area contributed by atoms with Crippen LogP contribution in [0.5, 0.6) is 0 Å². The van der Waals surface area contributed by atoms with Crippen molar-refractivity contribution >= 4 is 16.9 Å². The van der Waals surface area contributed by atoms with Crippen LogP contribution in [0.1, 0.15) is 11.3 Å². The Bertz CT molecular complexity index is 799. The van der Waals surface area contributed by atoms with Crippen LogP contribution in [-0.2, 0) is 18.3 Å². The number of para-hydroxylation sites is 1. The van der Waals surface area contributed by atoms with E-state index in [9.17, 15) is 4.79 Å². The Kier molecular flexibility index (Phi) is 2.82. The highest BCUT2D eigenvalue weighted by Crippen LogP contribution is 2.31. The second-order valence-corrected chi connectivity index (χ2v) is 4.86. The molecule has 0 saturated heterocycles. The number of aliphatic carboxylic acids is 1. The quantitative estimate of drug-likeness (QED) is 0.767. The fourth-order valence-corrected chi connectivity index (χ4v) is 2.64. The van der Waals surface area contributed by atoms with Crippen LogP contribution < -0.4 is 0 Å². The number of aromatic nitrogens is 3. The first-order valence-electron chi connectivity index (χ1n) is 6.38. The van der Waals surface area contributed by atoms with E-state index in [4.69, 9.17) is 5.11 Å². The summed E-state index contributed by atoms with van der Waals surface area (Å²) < 4.78 is 1.75. The number of nitrogens with zero attached hydrogens (tertiary/aromatic N) is 2. The molecule has 3 rings (SSSR count). The highest BCUT2D eigenvalue weighted by atomic mass is 16.4. The summed E-state index contributed by atoms with van der Waals surface area (Å²) >= 11 is 0. The highest BCUT2D eigenvalue weighted by molar-refractivity contribution is 5.95. The van der Waals surface area contributed by atoms with Crippen molar-refractivity contribution in [2.24, 2.45) is 7.05 Å². The minimum absolute atomic E-state index is 0.0535. The Labute approximate surface area is 115 Å². The maximum absolute atomic E-state index is 10.9. The minimum atomic E-state index is -0.864. The number of hydrogen-bond donors (Lipinski definition) is 2. The monoisotopic (exact) mass is 269 g/mol. The zero-order valence-electron chi connectivity index (χ0n) is 11.3. The zero-order valence-corrected chi connectivity index (χ0v) is 11.3. The lowest BCUT2D eigenvalue weighted by Gasteiger charge is -2.02. The van der Waals surface area contributed by atoms with Crippen molar-refractivity contribution in [1.82, 2.24) is 14.8 Å². The molecule has 3 aromatic rings. The Morgan fingerprint density at radius 1 is 1.40 bits per heavy atom. The number of carboxylic acids is 1. The molecule has 102 valence electrons. The number of nitrogens with one attached hydrogen (secondary N) is 1. The van der Waals surface area contributed by atoms with E-state index in [1.807, 2.05) is 44.4 Å². The predicted octanol–water partition coefficient (Wildman–Crippen LogP) is 2.50. The zero-order chi connectivity index (χ0) is 14.3. The SMILES string of the molecule is Cc1c(CC(=O)O)nn(C)c1-c1c[nH]c2ccccc12. The molecule has 2 heterocycles. The van der Waals surface area contributed by atoms with Crippen LogP contribution in [0.15, 0.2) is 30.5 Å². The lowest BCUT2D eigenvalue weighted by Crippen LogP contribution is -2.02. The molecule has 2 N–H and O–H groups in total. The molecule has 0 atom stereocenters. The van der Waals surface area contributed by atoms with Gasteiger partial charge in [-0.2, -0.15) is 5.10 Å². The number of H-pyrrole nitrogens is 1. The molecule has 5 heteroatoms. The van der Waals surface area contributed by atoms with Gasteiger partial charge in [-0.05, 0) is 18.6 Å². The van der Waals surface area contributed by atoms with Gasteiger partial charge in [0.05, 0.1) is 17.8 Å². The number of carboxylic acid groups (broad SMARTS) is 1. The Balaban J connectivity index is 2.19. The van der Waals surface area contributed by atoms with Gasteiger partial charge >= 0.3 is 5.97 Å². The molecule has 5 nitrogen and oxygen atoms in total. The van der Waals surface area contributed by atoms with Gasteiger partial charge in [-0.15, -0.1) is 0 Å². The number of hydrogen-bond acceptors (Lipinski definition) is 2. The number of aromatic amines is 1. The van der Waals surface area contributed by atoms with E-state index in [-0.39, 0.29) is 6.42 Å². The van der Waals surface area contributed by atoms with E-state index in [0.29, 0.717) is 5.69 Å². The van der Waals surface area contributed by atoms with Gasteiger partial charge in [-0.3, -0.25) is 9.48 Å². The molecule has 0 spiro atoms. The topological polar surface area (TPSA) is 70.9 Å². The molecular weight excluding hydrogens is 254 g/mol. The molecule has 0 bridgehead atoms. The van der Waals surface area contributed by atoms with Crippen molar-refractivity contribution in [1.29, 1.82) is 0 Å². The number of benzene rings is 1. The van der Waals surface area contributed by atoms with E-state index < -0.39 is 5.97 Å². The fourth-order valence-electron chi connectivity index (χ4n) is 2.64. The predicted molar refractivity (Wildman–Crippen MR) is 76.6 cm³/mol. The maximum Gasteiger partial charge on any atom is 0.309 e. The van der Waals surface area contributed by atoms with Gasteiger partial charge in [0.25, 0.3) is 0 Å². The fraction of sp³-hybridized carbons (Fsp3) is 0.200. The summed E-state index contributed by atoms with van der Waals surface area (Å²) in [6.07, 6.45) is 1.89. The molecule has 1 aromatic carbocycles. The number of rotatable bonds is 3. The maximum atomic E-state index is 10.9. The molecule has 0 amide bonds. The second-order valence-electron chi connectivity index (χ2n) is 4.86. The third-order valence-corrected chi connectivity index (χ3v) is 3.55. The molecule has 0 aliphatic heterocycles. The van der Waals surface area contributed by atoms with Crippen LogP contribution in [0.4, 0.5) is 0 Å². The standard InChI is InChI=1S/C15H15N3O2/c1-9-13(7-14(19)20)17-18(2)15(9)11-8-16-12-6-4-3-5-10(11)12/h3-6,8,16H,7H2,1-2H3,(H,19,20). The second kappa shape index (κ2) is 4.52. The first-order chi connectivity index (χ1) is 9.58. The van der Waals surface area contributed by atoms with Gasteiger partial charge in [0.2, 0.25) is 0 Å². The molecule has 0 fully saturated rings. The molecule has 0 radical (unpaired) electrons. The lowest BCUT2D eigenvalue weighted by molar-refractivity contribution is -0.136. The molecule has 20 heavy (non-hydrogen) atoms.